The summed E-state index contributed by atoms with van der Waals surface area (Å²) in [7, 11) is 0. The molecule has 0 rings (SSSR count). The molecule has 4 nitrogen and oxygen atoms in total. The van der Waals surface area contributed by atoms with Gasteiger partial charge in [-0.3, -0.25) is 4.79 Å². The summed E-state index contributed by atoms with van der Waals surface area (Å²) < 4.78 is 5.31. The van der Waals surface area contributed by atoms with Crippen LogP contribution in [-0.4, -0.2) is 24.7 Å². The fourth-order valence-corrected chi connectivity index (χ4v) is 3.40. The van der Waals surface area contributed by atoms with Crippen molar-refractivity contribution in [3.05, 3.63) is 0 Å². The molecule has 0 aliphatic rings. The number of carbonyl (C=O) groups is 1. The highest BCUT2D eigenvalue weighted by molar-refractivity contribution is 5.75. The number of nitrogens with two attached hydrogens (primary N) is 2. The highest BCUT2D eigenvalue weighted by Gasteiger charge is 2.14. The summed E-state index contributed by atoms with van der Waals surface area (Å²) in [5.74, 6) is -0.245. The minimum Gasteiger partial charge on any atom is -0.465 e. The first-order valence-electron chi connectivity index (χ1n) is 11.8. The van der Waals surface area contributed by atoms with Gasteiger partial charge in [0, 0.05) is 6.04 Å². The maximum atomic E-state index is 11.9. The fraction of sp³-hybridized carbons (Fsp3) is 0.957. The van der Waals surface area contributed by atoms with Crippen molar-refractivity contribution in [3.63, 3.8) is 0 Å². The Hall–Kier alpha value is -0.610. The van der Waals surface area contributed by atoms with Crippen LogP contribution in [-0.2, 0) is 9.53 Å². The summed E-state index contributed by atoms with van der Waals surface area (Å²) in [6.07, 6.45) is 20.1. The van der Waals surface area contributed by atoms with Crippen LogP contribution in [0.15, 0.2) is 0 Å². The summed E-state index contributed by atoms with van der Waals surface area (Å²) in [6, 6.07) is -0.228. The van der Waals surface area contributed by atoms with E-state index in [-0.39, 0.29) is 12.0 Å². The second-order valence-corrected chi connectivity index (χ2v) is 8.14. The standard InChI is InChI=1S/C23H48N2O2/c1-3-5-7-9-11-13-15-19-22(25)23(26)27-20-16-18-21(24)17-14-12-10-8-6-4-2/h21-22H,3-20,24-25H2,1-2H3. The molecule has 0 bridgehead atoms. The summed E-state index contributed by atoms with van der Waals surface area (Å²) in [5.41, 5.74) is 12.1. The summed E-state index contributed by atoms with van der Waals surface area (Å²) in [6.45, 7) is 4.92. The second kappa shape index (κ2) is 20.1. The highest BCUT2D eigenvalue weighted by Crippen LogP contribution is 2.11. The molecule has 0 aromatic rings. The minimum atomic E-state index is -0.461. The Kier molecular flexibility index (Phi) is 19.7. The lowest BCUT2D eigenvalue weighted by atomic mass is 10.0. The summed E-state index contributed by atoms with van der Waals surface area (Å²) in [5, 5.41) is 0. The Bertz CT molecular complexity index is 324. The van der Waals surface area contributed by atoms with Crippen molar-refractivity contribution in [2.75, 3.05) is 6.61 Å². The first kappa shape index (κ1) is 26.4. The zero-order valence-corrected chi connectivity index (χ0v) is 18.4. The Morgan fingerprint density at radius 2 is 1.11 bits per heavy atom. The quantitative estimate of drug-likeness (QED) is 0.204. The van der Waals surface area contributed by atoms with Crippen molar-refractivity contribution in [2.45, 2.75) is 135 Å². The molecule has 0 spiro atoms. The lowest BCUT2D eigenvalue weighted by molar-refractivity contribution is -0.145. The molecule has 0 aromatic heterocycles. The van der Waals surface area contributed by atoms with Crippen LogP contribution < -0.4 is 11.5 Å². The Labute approximate surface area is 169 Å². The van der Waals surface area contributed by atoms with Crippen LogP contribution in [0.1, 0.15) is 123 Å². The highest BCUT2D eigenvalue weighted by atomic mass is 16.5. The molecule has 4 N–H and O–H groups in total. The largest absolute Gasteiger partial charge is 0.465 e. The molecule has 2 atom stereocenters. The van der Waals surface area contributed by atoms with E-state index in [0.717, 1.165) is 38.5 Å². The molecule has 0 saturated heterocycles. The van der Waals surface area contributed by atoms with Gasteiger partial charge < -0.3 is 16.2 Å². The topological polar surface area (TPSA) is 78.3 Å². The van der Waals surface area contributed by atoms with Crippen LogP contribution in [0.2, 0.25) is 0 Å². The van der Waals surface area contributed by atoms with E-state index >= 15 is 0 Å². The summed E-state index contributed by atoms with van der Waals surface area (Å²) in [4.78, 5) is 11.9. The number of ether oxygens (including phenoxy) is 1. The molecule has 0 radical (unpaired) electrons. The number of hydrogen-bond acceptors (Lipinski definition) is 4. The van der Waals surface area contributed by atoms with E-state index in [0.29, 0.717) is 6.61 Å². The molecular weight excluding hydrogens is 336 g/mol. The third-order valence-electron chi connectivity index (χ3n) is 5.31. The smallest absolute Gasteiger partial charge is 0.322 e. The number of carbonyl (C=O) groups excluding carboxylic acids is 1. The summed E-state index contributed by atoms with van der Waals surface area (Å²) >= 11 is 0. The molecule has 0 heterocycles. The molecule has 0 amide bonds. The van der Waals surface area contributed by atoms with Crippen LogP contribution in [0.25, 0.3) is 0 Å². The average molecular weight is 385 g/mol. The van der Waals surface area contributed by atoms with Crippen LogP contribution in [0.5, 0.6) is 0 Å². The number of rotatable bonds is 20. The van der Waals surface area contributed by atoms with Gasteiger partial charge >= 0.3 is 5.97 Å². The molecular formula is C23H48N2O2. The molecule has 0 aliphatic carbocycles. The second-order valence-electron chi connectivity index (χ2n) is 8.14. The zero-order valence-electron chi connectivity index (χ0n) is 18.4. The van der Waals surface area contributed by atoms with Gasteiger partial charge in [0.1, 0.15) is 6.04 Å². The van der Waals surface area contributed by atoms with E-state index in [1.54, 1.807) is 0 Å². The predicted molar refractivity (Wildman–Crippen MR) is 117 cm³/mol. The lowest BCUT2D eigenvalue weighted by Gasteiger charge is -2.13. The van der Waals surface area contributed by atoms with Crippen molar-refractivity contribution < 1.29 is 9.53 Å². The SMILES string of the molecule is CCCCCCCCCC(N)C(=O)OCCCC(N)CCCCCCCC. The van der Waals surface area contributed by atoms with Gasteiger partial charge in [-0.2, -0.15) is 0 Å². The molecule has 0 fully saturated rings. The van der Waals surface area contributed by atoms with Crippen molar-refractivity contribution in [1.82, 2.24) is 0 Å². The van der Waals surface area contributed by atoms with Crippen molar-refractivity contribution in [2.24, 2.45) is 11.5 Å². The van der Waals surface area contributed by atoms with Gasteiger partial charge in [0.2, 0.25) is 0 Å². The fourth-order valence-electron chi connectivity index (χ4n) is 3.40. The normalized spacial score (nSPS) is 13.5. The van der Waals surface area contributed by atoms with Gasteiger partial charge in [0.05, 0.1) is 6.61 Å². The van der Waals surface area contributed by atoms with Gasteiger partial charge in [-0.15, -0.1) is 0 Å². The lowest BCUT2D eigenvalue weighted by Crippen LogP contribution is -2.32. The van der Waals surface area contributed by atoms with Gasteiger partial charge in [0.25, 0.3) is 0 Å². The van der Waals surface area contributed by atoms with Gasteiger partial charge in [-0.1, -0.05) is 97.3 Å². The third kappa shape index (κ3) is 18.5. The molecule has 2 unspecified atom stereocenters. The van der Waals surface area contributed by atoms with E-state index in [1.807, 2.05) is 0 Å². The van der Waals surface area contributed by atoms with E-state index in [4.69, 9.17) is 16.2 Å². The van der Waals surface area contributed by atoms with Crippen LogP contribution in [0.4, 0.5) is 0 Å². The van der Waals surface area contributed by atoms with Crippen LogP contribution >= 0.6 is 0 Å². The number of hydrogen-bond donors (Lipinski definition) is 2. The van der Waals surface area contributed by atoms with Crippen molar-refractivity contribution >= 4 is 5.97 Å². The van der Waals surface area contributed by atoms with Crippen LogP contribution in [0.3, 0.4) is 0 Å². The first-order valence-corrected chi connectivity index (χ1v) is 11.8. The molecule has 162 valence electrons. The Morgan fingerprint density at radius 3 is 1.67 bits per heavy atom. The molecule has 0 aromatic carbocycles. The molecule has 27 heavy (non-hydrogen) atoms. The average Bonchev–Trinajstić information content (AvgIpc) is 2.66. The van der Waals surface area contributed by atoms with Gasteiger partial charge in [0.15, 0.2) is 0 Å². The number of esters is 1. The van der Waals surface area contributed by atoms with Crippen molar-refractivity contribution in [3.8, 4) is 0 Å². The zero-order chi connectivity index (χ0) is 20.2. The van der Waals surface area contributed by atoms with E-state index in [2.05, 4.69) is 13.8 Å². The van der Waals surface area contributed by atoms with Gasteiger partial charge in [-0.25, -0.2) is 0 Å². The van der Waals surface area contributed by atoms with E-state index in [1.165, 1.54) is 70.6 Å². The molecule has 0 aliphatic heterocycles. The molecule has 4 heteroatoms. The Balaban J connectivity index is 3.47. The molecule has 0 saturated carbocycles. The third-order valence-corrected chi connectivity index (χ3v) is 5.31. The maximum Gasteiger partial charge on any atom is 0.322 e. The number of unbranched alkanes of at least 4 members (excludes halogenated alkanes) is 11. The monoisotopic (exact) mass is 384 g/mol. The maximum absolute atomic E-state index is 11.9. The first-order chi connectivity index (χ1) is 13.1. The van der Waals surface area contributed by atoms with Crippen molar-refractivity contribution in [1.29, 1.82) is 0 Å². The Morgan fingerprint density at radius 1 is 0.667 bits per heavy atom. The van der Waals surface area contributed by atoms with Crippen LogP contribution in [0, 0.1) is 0 Å². The van der Waals surface area contributed by atoms with E-state index < -0.39 is 6.04 Å². The minimum absolute atomic E-state index is 0.233. The predicted octanol–water partition coefficient (Wildman–Crippen LogP) is 5.86. The van der Waals surface area contributed by atoms with Gasteiger partial charge in [-0.05, 0) is 25.7 Å². The van der Waals surface area contributed by atoms with E-state index in [9.17, 15) is 4.79 Å².